The van der Waals surface area contributed by atoms with Crippen LogP contribution in [0.4, 0.5) is 5.69 Å². The Labute approximate surface area is 115 Å². The van der Waals surface area contributed by atoms with Gasteiger partial charge in [-0.15, -0.1) is 0 Å². The predicted molar refractivity (Wildman–Crippen MR) is 77.0 cm³/mol. The Kier molecular flexibility index (Phi) is 4.20. The number of benzene rings is 1. The molecule has 94 valence electrons. The lowest BCUT2D eigenvalue weighted by Crippen LogP contribution is -2.00. The number of anilines is 1. The van der Waals surface area contributed by atoms with Crippen molar-refractivity contribution in [2.24, 2.45) is 0 Å². The molecule has 3 nitrogen and oxygen atoms in total. The van der Waals surface area contributed by atoms with Gasteiger partial charge in [-0.2, -0.15) is 0 Å². The van der Waals surface area contributed by atoms with Gasteiger partial charge in [0.1, 0.15) is 12.4 Å². The average molecular weight is 307 g/mol. The summed E-state index contributed by atoms with van der Waals surface area (Å²) in [7, 11) is 1.89. The molecule has 0 bridgehead atoms. The van der Waals surface area contributed by atoms with Gasteiger partial charge in [-0.25, -0.2) is 0 Å². The summed E-state index contributed by atoms with van der Waals surface area (Å²) in [5.41, 5.74) is 3.13. The van der Waals surface area contributed by atoms with E-state index < -0.39 is 0 Å². The monoisotopic (exact) mass is 306 g/mol. The van der Waals surface area contributed by atoms with Crippen LogP contribution in [0.25, 0.3) is 0 Å². The van der Waals surface area contributed by atoms with E-state index in [1.165, 1.54) is 5.56 Å². The smallest absolute Gasteiger partial charge is 0.134 e. The highest BCUT2D eigenvalue weighted by Crippen LogP contribution is 2.26. The normalized spacial score (nSPS) is 10.2. The van der Waals surface area contributed by atoms with Crippen molar-refractivity contribution in [3.63, 3.8) is 0 Å². The molecule has 1 heterocycles. The van der Waals surface area contributed by atoms with Crippen LogP contribution >= 0.6 is 15.9 Å². The molecule has 1 N–H and O–H groups in total. The summed E-state index contributed by atoms with van der Waals surface area (Å²) in [5, 5.41) is 3.08. The third-order valence-electron chi connectivity index (χ3n) is 2.57. The molecule has 18 heavy (non-hydrogen) atoms. The van der Waals surface area contributed by atoms with Crippen molar-refractivity contribution in [3.05, 3.63) is 52.3 Å². The van der Waals surface area contributed by atoms with Crippen LogP contribution in [-0.4, -0.2) is 12.0 Å². The van der Waals surface area contributed by atoms with E-state index in [9.17, 15) is 0 Å². The maximum absolute atomic E-state index is 5.74. The maximum Gasteiger partial charge on any atom is 0.134 e. The lowest BCUT2D eigenvalue weighted by atomic mass is 10.2. The minimum Gasteiger partial charge on any atom is -0.486 e. The number of pyridine rings is 1. The molecule has 2 aromatic rings. The minimum absolute atomic E-state index is 0.456. The number of hydrogen-bond donors (Lipinski definition) is 1. The van der Waals surface area contributed by atoms with Gasteiger partial charge in [-0.05, 0) is 52.7 Å². The van der Waals surface area contributed by atoms with Crippen molar-refractivity contribution in [1.82, 2.24) is 4.98 Å². The molecule has 1 aromatic heterocycles. The summed E-state index contributed by atoms with van der Waals surface area (Å²) in [6.45, 7) is 2.50. The molecule has 0 atom stereocenters. The van der Waals surface area contributed by atoms with Gasteiger partial charge in [0.05, 0.1) is 10.2 Å². The standard InChI is InChI=1S/C14H15BrN2O/c1-10-3-4-14(13(15)7-10)18-9-12-8-11(16-2)5-6-17-12/h3-8H,9H2,1-2H3,(H,16,17). The first-order valence-electron chi connectivity index (χ1n) is 5.70. The third-order valence-corrected chi connectivity index (χ3v) is 3.19. The van der Waals surface area contributed by atoms with Gasteiger partial charge in [0.25, 0.3) is 0 Å². The van der Waals surface area contributed by atoms with Crippen LogP contribution in [0.5, 0.6) is 5.75 Å². The molecule has 0 fully saturated rings. The zero-order valence-electron chi connectivity index (χ0n) is 10.4. The van der Waals surface area contributed by atoms with Gasteiger partial charge in [0.15, 0.2) is 0 Å². The molecule has 0 unspecified atom stereocenters. The fourth-order valence-electron chi connectivity index (χ4n) is 1.59. The van der Waals surface area contributed by atoms with Crippen molar-refractivity contribution in [1.29, 1.82) is 0 Å². The van der Waals surface area contributed by atoms with E-state index >= 15 is 0 Å². The van der Waals surface area contributed by atoms with Crippen LogP contribution in [0.3, 0.4) is 0 Å². The van der Waals surface area contributed by atoms with E-state index in [0.29, 0.717) is 6.61 Å². The highest BCUT2D eigenvalue weighted by Gasteiger charge is 2.02. The largest absolute Gasteiger partial charge is 0.486 e. The summed E-state index contributed by atoms with van der Waals surface area (Å²) in [6.07, 6.45) is 1.77. The van der Waals surface area contributed by atoms with Gasteiger partial charge >= 0.3 is 0 Å². The Morgan fingerprint density at radius 3 is 2.83 bits per heavy atom. The Morgan fingerprint density at radius 2 is 2.11 bits per heavy atom. The molecule has 0 aliphatic carbocycles. The van der Waals surface area contributed by atoms with Crippen molar-refractivity contribution < 1.29 is 4.74 Å². The van der Waals surface area contributed by atoms with Crippen LogP contribution in [-0.2, 0) is 6.61 Å². The van der Waals surface area contributed by atoms with Crippen LogP contribution in [0, 0.1) is 6.92 Å². The molecule has 0 spiro atoms. The number of hydrogen-bond acceptors (Lipinski definition) is 3. The zero-order valence-corrected chi connectivity index (χ0v) is 12.0. The fraction of sp³-hybridized carbons (Fsp3) is 0.214. The van der Waals surface area contributed by atoms with E-state index in [1.54, 1.807) is 6.20 Å². The second-order valence-electron chi connectivity index (χ2n) is 4.01. The highest BCUT2D eigenvalue weighted by molar-refractivity contribution is 9.10. The SMILES string of the molecule is CNc1ccnc(COc2ccc(C)cc2Br)c1. The van der Waals surface area contributed by atoms with E-state index in [-0.39, 0.29) is 0 Å². The lowest BCUT2D eigenvalue weighted by Gasteiger charge is -2.09. The van der Waals surface area contributed by atoms with Gasteiger partial charge < -0.3 is 10.1 Å². The van der Waals surface area contributed by atoms with Gasteiger partial charge in [0.2, 0.25) is 0 Å². The Bertz CT molecular complexity index is 543. The summed E-state index contributed by atoms with van der Waals surface area (Å²) >= 11 is 3.49. The van der Waals surface area contributed by atoms with Crippen LogP contribution in [0.15, 0.2) is 41.0 Å². The molecule has 0 radical (unpaired) electrons. The van der Waals surface area contributed by atoms with Crippen LogP contribution in [0.2, 0.25) is 0 Å². The van der Waals surface area contributed by atoms with E-state index in [2.05, 4.69) is 26.2 Å². The number of nitrogens with one attached hydrogen (secondary N) is 1. The Morgan fingerprint density at radius 1 is 1.28 bits per heavy atom. The number of ether oxygens (including phenoxy) is 1. The number of halogens is 1. The minimum atomic E-state index is 0.456. The predicted octanol–water partition coefficient (Wildman–Crippen LogP) is 3.77. The summed E-state index contributed by atoms with van der Waals surface area (Å²) in [6, 6.07) is 9.92. The van der Waals surface area contributed by atoms with E-state index in [0.717, 1.165) is 21.6 Å². The second kappa shape index (κ2) is 5.87. The molecule has 2 rings (SSSR count). The molecule has 0 aliphatic rings. The fourth-order valence-corrected chi connectivity index (χ4v) is 2.19. The van der Waals surface area contributed by atoms with Crippen molar-refractivity contribution in [2.45, 2.75) is 13.5 Å². The molecule has 0 saturated heterocycles. The quantitative estimate of drug-likeness (QED) is 0.933. The Balaban J connectivity index is 2.06. The van der Waals surface area contributed by atoms with Crippen LogP contribution < -0.4 is 10.1 Å². The molecule has 0 aliphatic heterocycles. The number of aromatic nitrogens is 1. The summed E-state index contributed by atoms with van der Waals surface area (Å²) < 4.78 is 6.71. The van der Waals surface area contributed by atoms with Gasteiger partial charge in [-0.3, -0.25) is 4.98 Å². The van der Waals surface area contributed by atoms with Gasteiger partial charge in [-0.1, -0.05) is 6.07 Å². The van der Waals surface area contributed by atoms with Crippen LogP contribution in [0.1, 0.15) is 11.3 Å². The first-order chi connectivity index (χ1) is 8.69. The van der Waals surface area contributed by atoms with E-state index in [4.69, 9.17) is 4.74 Å². The van der Waals surface area contributed by atoms with E-state index in [1.807, 2.05) is 44.3 Å². The third kappa shape index (κ3) is 3.23. The lowest BCUT2D eigenvalue weighted by molar-refractivity contribution is 0.299. The molecule has 0 amide bonds. The second-order valence-corrected chi connectivity index (χ2v) is 4.86. The molecule has 1 aromatic carbocycles. The summed E-state index contributed by atoms with van der Waals surface area (Å²) in [4.78, 5) is 4.27. The molecular weight excluding hydrogens is 292 g/mol. The topological polar surface area (TPSA) is 34.2 Å². The van der Waals surface area contributed by atoms with Crippen molar-refractivity contribution in [3.8, 4) is 5.75 Å². The van der Waals surface area contributed by atoms with Gasteiger partial charge in [0, 0.05) is 18.9 Å². The van der Waals surface area contributed by atoms with Crippen molar-refractivity contribution >= 4 is 21.6 Å². The average Bonchev–Trinajstić information content (AvgIpc) is 2.38. The Hall–Kier alpha value is -1.55. The zero-order chi connectivity index (χ0) is 13.0. The molecular formula is C14H15BrN2O. The first kappa shape index (κ1) is 12.9. The highest BCUT2D eigenvalue weighted by atomic mass is 79.9. The maximum atomic E-state index is 5.74. The number of aryl methyl sites for hydroxylation is 1. The first-order valence-corrected chi connectivity index (χ1v) is 6.50. The number of nitrogens with zero attached hydrogens (tertiary/aromatic N) is 1. The van der Waals surface area contributed by atoms with Crippen molar-refractivity contribution in [2.75, 3.05) is 12.4 Å². The molecule has 0 saturated carbocycles. The molecule has 4 heteroatoms. The summed E-state index contributed by atoms with van der Waals surface area (Å²) in [5.74, 6) is 0.831. The number of rotatable bonds is 4.